The first-order chi connectivity index (χ1) is 7.39. The predicted octanol–water partition coefficient (Wildman–Crippen LogP) is -0.170. The lowest BCUT2D eigenvalue weighted by Crippen LogP contribution is -2.47. The molecule has 1 rings (SSSR count). The third-order valence-corrected chi connectivity index (χ3v) is 2.43. The van der Waals surface area contributed by atoms with Crippen LogP contribution in [0.2, 0.25) is 0 Å². The highest BCUT2D eigenvalue weighted by molar-refractivity contribution is 4.74. The van der Waals surface area contributed by atoms with Crippen molar-refractivity contribution in [1.29, 1.82) is 0 Å². The molecule has 1 aliphatic heterocycles. The Bertz CT molecular complexity index is 213. The van der Waals surface area contributed by atoms with E-state index in [1.54, 1.807) is 0 Å². The van der Waals surface area contributed by atoms with Crippen LogP contribution in [0.3, 0.4) is 0 Å². The van der Waals surface area contributed by atoms with Gasteiger partial charge in [-0.2, -0.15) is 13.2 Å². The summed E-state index contributed by atoms with van der Waals surface area (Å²) in [5.41, 5.74) is 0. The van der Waals surface area contributed by atoms with Gasteiger partial charge in [-0.05, 0) is 7.05 Å². The fourth-order valence-corrected chi connectivity index (χ4v) is 1.49. The van der Waals surface area contributed by atoms with Gasteiger partial charge in [0, 0.05) is 26.2 Å². The summed E-state index contributed by atoms with van der Waals surface area (Å²) in [5.74, 6) is 0. The SMILES string of the molecule is CN1CCOC(CNCC(O)C(F)(F)F)C1. The van der Waals surface area contributed by atoms with Gasteiger partial charge in [0.15, 0.2) is 6.10 Å². The summed E-state index contributed by atoms with van der Waals surface area (Å²) in [5, 5.41) is 11.3. The fraction of sp³-hybridized carbons (Fsp3) is 1.00. The van der Waals surface area contributed by atoms with E-state index in [4.69, 9.17) is 9.84 Å². The van der Waals surface area contributed by atoms with Crippen molar-refractivity contribution in [2.75, 3.05) is 39.8 Å². The van der Waals surface area contributed by atoms with E-state index in [0.717, 1.165) is 6.54 Å². The predicted molar refractivity (Wildman–Crippen MR) is 52.2 cm³/mol. The van der Waals surface area contributed by atoms with Crippen molar-refractivity contribution in [2.24, 2.45) is 0 Å². The molecule has 0 spiro atoms. The van der Waals surface area contributed by atoms with E-state index in [0.29, 0.717) is 19.7 Å². The first-order valence-electron chi connectivity index (χ1n) is 5.15. The first kappa shape index (κ1) is 13.7. The second-order valence-electron chi connectivity index (χ2n) is 3.97. The Morgan fingerprint density at radius 3 is 2.81 bits per heavy atom. The van der Waals surface area contributed by atoms with Gasteiger partial charge in [-0.25, -0.2) is 0 Å². The van der Waals surface area contributed by atoms with Crippen molar-refractivity contribution in [3.8, 4) is 0 Å². The molecule has 0 aliphatic carbocycles. The Balaban J connectivity index is 2.15. The van der Waals surface area contributed by atoms with Crippen LogP contribution in [0.1, 0.15) is 0 Å². The Morgan fingerprint density at radius 1 is 1.56 bits per heavy atom. The zero-order valence-corrected chi connectivity index (χ0v) is 9.13. The molecule has 2 N–H and O–H groups in total. The molecular formula is C9H17F3N2O2. The van der Waals surface area contributed by atoms with Crippen LogP contribution in [0, 0.1) is 0 Å². The molecule has 2 unspecified atom stereocenters. The standard InChI is InChI=1S/C9H17F3N2O2/c1-14-2-3-16-7(6-14)4-13-5-8(15)9(10,11)12/h7-8,13,15H,2-6H2,1H3. The van der Waals surface area contributed by atoms with Crippen molar-refractivity contribution < 1.29 is 23.0 Å². The van der Waals surface area contributed by atoms with Crippen molar-refractivity contribution in [2.45, 2.75) is 18.4 Å². The van der Waals surface area contributed by atoms with Gasteiger partial charge in [0.1, 0.15) is 0 Å². The molecule has 1 saturated heterocycles. The molecule has 96 valence electrons. The summed E-state index contributed by atoms with van der Waals surface area (Å²) >= 11 is 0. The molecule has 1 fully saturated rings. The van der Waals surface area contributed by atoms with Crippen LogP contribution in [-0.4, -0.2) is 68.2 Å². The van der Waals surface area contributed by atoms with E-state index >= 15 is 0 Å². The molecule has 16 heavy (non-hydrogen) atoms. The number of hydrogen-bond acceptors (Lipinski definition) is 4. The summed E-state index contributed by atoms with van der Waals surface area (Å²) in [4.78, 5) is 2.05. The number of rotatable bonds is 4. The lowest BCUT2D eigenvalue weighted by Gasteiger charge is -2.30. The summed E-state index contributed by atoms with van der Waals surface area (Å²) in [6.45, 7) is 1.94. The van der Waals surface area contributed by atoms with Crippen LogP contribution in [-0.2, 0) is 4.74 Å². The normalized spacial score (nSPS) is 25.7. The number of aliphatic hydroxyl groups is 1. The minimum absolute atomic E-state index is 0.112. The number of ether oxygens (including phenoxy) is 1. The van der Waals surface area contributed by atoms with Crippen LogP contribution < -0.4 is 5.32 Å². The molecule has 0 radical (unpaired) electrons. The fourth-order valence-electron chi connectivity index (χ4n) is 1.49. The number of halogens is 3. The number of nitrogens with zero attached hydrogens (tertiary/aromatic N) is 1. The highest BCUT2D eigenvalue weighted by Crippen LogP contribution is 2.19. The van der Waals surface area contributed by atoms with Gasteiger partial charge in [0.2, 0.25) is 0 Å². The van der Waals surface area contributed by atoms with E-state index in [1.165, 1.54) is 0 Å². The van der Waals surface area contributed by atoms with Gasteiger partial charge < -0.3 is 20.1 Å². The average Bonchev–Trinajstić information content (AvgIpc) is 2.16. The van der Waals surface area contributed by atoms with Crippen molar-refractivity contribution in [3.05, 3.63) is 0 Å². The van der Waals surface area contributed by atoms with Crippen LogP contribution in [0.25, 0.3) is 0 Å². The Labute approximate surface area is 92.4 Å². The molecule has 7 heteroatoms. The molecule has 0 saturated carbocycles. The van der Waals surface area contributed by atoms with Gasteiger partial charge >= 0.3 is 6.18 Å². The van der Waals surface area contributed by atoms with Crippen LogP contribution >= 0.6 is 0 Å². The summed E-state index contributed by atoms with van der Waals surface area (Å²) in [7, 11) is 1.93. The smallest absolute Gasteiger partial charge is 0.382 e. The number of morpholine rings is 1. The van der Waals surface area contributed by atoms with Gasteiger partial charge in [-0.1, -0.05) is 0 Å². The van der Waals surface area contributed by atoms with Crippen molar-refractivity contribution in [1.82, 2.24) is 10.2 Å². The minimum atomic E-state index is -4.56. The Morgan fingerprint density at radius 2 is 2.25 bits per heavy atom. The monoisotopic (exact) mass is 242 g/mol. The summed E-state index contributed by atoms with van der Waals surface area (Å²) < 4.78 is 41.2. The molecule has 0 aromatic carbocycles. The van der Waals surface area contributed by atoms with Crippen molar-refractivity contribution >= 4 is 0 Å². The summed E-state index contributed by atoms with van der Waals surface area (Å²) in [6, 6.07) is 0. The van der Waals surface area contributed by atoms with E-state index < -0.39 is 18.8 Å². The molecule has 0 bridgehead atoms. The largest absolute Gasteiger partial charge is 0.415 e. The third-order valence-electron chi connectivity index (χ3n) is 2.43. The topological polar surface area (TPSA) is 44.7 Å². The summed E-state index contributed by atoms with van der Waals surface area (Å²) in [6.07, 6.45) is -6.98. The maximum atomic E-state index is 11.9. The number of nitrogens with one attached hydrogen (secondary N) is 1. The second-order valence-corrected chi connectivity index (χ2v) is 3.97. The quantitative estimate of drug-likeness (QED) is 0.718. The molecule has 1 aliphatic rings. The lowest BCUT2D eigenvalue weighted by molar-refractivity contribution is -0.202. The van der Waals surface area contributed by atoms with Crippen molar-refractivity contribution in [3.63, 3.8) is 0 Å². The van der Waals surface area contributed by atoms with Gasteiger partial charge in [-0.3, -0.25) is 0 Å². The van der Waals surface area contributed by atoms with Crippen LogP contribution in [0.15, 0.2) is 0 Å². The molecule has 0 aromatic rings. The molecule has 0 aromatic heterocycles. The van der Waals surface area contributed by atoms with Crippen LogP contribution in [0.5, 0.6) is 0 Å². The molecule has 2 atom stereocenters. The zero-order valence-electron chi connectivity index (χ0n) is 9.13. The van der Waals surface area contributed by atoms with E-state index in [2.05, 4.69) is 10.2 Å². The Kier molecular flexibility index (Phi) is 4.97. The molecular weight excluding hydrogens is 225 g/mol. The number of alkyl halides is 3. The average molecular weight is 242 g/mol. The molecule has 1 heterocycles. The maximum Gasteiger partial charge on any atom is 0.415 e. The Hall–Kier alpha value is -0.370. The maximum absolute atomic E-state index is 11.9. The lowest BCUT2D eigenvalue weighted by atomic mass is 10.2. The third kappa shape index (κ3) is 4.65. The second kappa shape index (κ2) is 5.81. The van der Waals surface area contributed by atoms with Crippen LogP contribution in [0.4, 0.5) is 13.2 Å². The number of aliphatic hydroxyl groups excluding tert-OH is 1. The van der Waals surface area contributed by atoms with E-state index in [-0.39, 0.29) is 6.10 Å². The van der Waals surface area contributed by atoms with E-state index in [1.807, 2.05) is 7.05 Å². The van der Waals surface area contributed by atoms with E-state index in [9.17, 15) is 13.2 Å². The first-order valence-corrected chi connectivity index (χ1v) is 5.15. The molecule has 0 amide bonds. The zero-order chi connectivity index (χ0) is 12.2. The number of hydrogen-bond donors (Lipinski definition) is 2. The van der Waals surface area contributed by atoms with Gasteiger partial charge in [0.05, 0.1) is 12.7 Å². The molecule has 4 nitrogen and oxygen atoms in total. The minimum Gasteiger partial charge on any atom is -0.382 e. The van der Waals surface area contributed by atoms with Gasteiger partial charge in [-0.15, -0.1) is 0 Å². The highest BCUT2D eigenvalue weighted by atomic mass is 19.4. The van der Waals surface area contributed by atoms with Gasteiger partial charge in [0.25, 0.3) is 0 Å². The highest BCUT2D eigenvalue weighted by Gasteiger charge is 2.37. The number of likely N-dealkylation sites (N-methyl/N-ethyl adjacent to an activating group) is 1.